The first kappa shape index (κ1) is 15.1. The molecule has 0 aromatic heterocycles. The van der Waals surface area contributed by atoms with Gasteiger partial charge in [0.2, 0.25) is 5.91 Å². The second kappa shape index (κ2) is 6.01. The first-order valence-electron chi connectivity index (χ1n) is 5.95. The molecule has 1 aliphatic rings. The van der Waals surface area contributed by atoms with Crippen LogP contribution in [-0.4, -0.2) is 24.9 Å². The van der Waals surface area contributed by atoms with E-state index in [1.54, 1.807) is 0 Å². The normalized spacial score (nSPS) is 18.9. The van der Waals surface area contributed by atoms with Gasteiger partial charge in [-0.3, -0.25) is 4.79 Å². The van der Waals surface area contributed by atoms with Crippen LogP contribution in [0.15, 0.2) is 22.7 Å². The van der Waals surface area contributed by atoms with E-state index in [0.29, 0.717) is 10.9 Å². The van der Waals surface area contributed by atoms with Crippen LogP contribution in [-0.2, 0) is 4.79 Å². The lowest BCUT2D eigenvalue weighted by Gasteiger charge is -2.16. The topological polar surface area (TPSA) is 50.4 Å². The van der Waals surface area contributed by atoms with Crippen LogP contribution in [0.3, 0.4) is 0 Å². The largest absolute Gasteiger partial charge is 0.573 e. The van der Waals surface area contributed by atoms with Crippen molar-refractivity contribution in [2.75, 3.05) is 11.9 Å². The van der Waals surface area contributed by atoms with E-state index in [0.717, 1.165) is 19.0 Å². The van der Waals surface area contributed by atoms with E-state index < -0.39 is 12.1 Å². The van der Waals surface area contributed by atoms with Crippen molar-refractivity contribution < 1.29 is 22.7 Å². The number of benzene rings is 1. The number of hydrogen-bond donors (Lipinski definition) is 2. The summed E-state index contributed by atoms with van der Waals surface area (Å²) in [5.74, 6) is -0.810. The third-order valence-corrected chi connectivity index (χ3v) is 3.30. The Morgan fingerprint density at radius 1 is 1.45 bits per heavy atom. The monoisotopic (exact) mass is 352 g/mol. The molecule has 1 saturated heterocycles. The Balaban J connectivity index is 2.15. The van der Waals surface area contributed by atoms with Crippen molar-refractivity contribution in [3.8, 4) is 5.75 Å². The molecule has 1 aliphatic heterocycles. The van der Waals surface area contributed by atoms with Crippen molar-refractivity contribution in [3.63, 3.8) is 0 Å². The van der Waals surface area contributed by atoms with E-state index in [9.17, 15) is 18.0 Å². The van der Waals surface area contributed by atoms with Crippen molar-refractivity contribution in [1.29, 1.82) is 0 Å². The van der Waals surface area contributed by atoms with Crippen molar-refractivity contribution in [2.24, 2.45) is 0 Å². The van der Waals surface area contributed by atoms with E-state index in [1.165, 1.54) is 12.1 Å². The molecule has 0 radical (unpaired) electrons. The van der Waals surface area contributed by atoms with Crippen molar-refractivity contribution in [2.45, 2.75) is 25.2 Å². The molecule has 1 aromatic rings. The van der Waals surface area contributed by atoms with E-state index in [-0.39, 0.29) is 17.6 Å². The first-order valence-corrected chi connectivity index (χ1v) is 6.74. The molecule has 20 heavy (non-hydrogen) atoms. The van der Waals surface area contributed by atoms with Crippen LogP contribution in [0.1, 0.15) is 12.8 Å². The van der Waals surface area contributed by atoms with Crippen molar-refractivity contribution >= 4 is 27.5 Å². The maximum absolute atomic E-state index is 12.3. The van der Waals surface area contributed by atoms with Crippen LogP contribution in [0, 0.1) is 0 Å². The van der Waals surface area contributed by atoms with Gasteiger partial charge < -0.3 is 15.4 Å². The number of rotatable bonds is 3. The molecule has 0 aliphatic carbocycles. The highest BCUT2D eigenvalue weighted by Crippen LogP contribution is 2.33. The third kappa shape index (κ3) is 4.11. The molecule has 0 spiro atoms. The molecule has 1 heterocycles. The summed E-state index contributed by atoms with van der Waals surface area (Å²) in [4.78, 5) is 11.9. The van der Waals surface area contributed by atoms with Crippen LogP contribution in [0.5, 0.6) is 5.75 Å². The molecule has 0 bridgehead atoms. The number of nitrogens with one attached hydrogen (secondary N) is 2. The molecule has 8 heteroatoms. The lowest BCUT2D eigenvalue weighted by molar-refractivity contribution is -0.274. The van der Waals surface area contributed by atoms with Gasteiger partial charge in [-0.1, -0.05) is 15.9 Å². The second-order valence-electron chi connectivity index (χ2n) is 4.33. The highest BCUT2D eigenvalue weighted by Gasteiger charge is 2.33. The SMILES string of the molecule is O=C(Nc1ccc(Br)cc1OC(F)(F)F)[C@@H]1CCCN1. The highest BCUT2D eigenvalue weighted by molar-refractivity contribution is 9.10. The van der Waals surface area contributed by atoms with Crippen molar-refractivity contribution in [3.05, 3.63) is 22.7 Å². The number of ether oxygens (including phenoxy) is 1. The second-order valence-corrected chi connectivity index (χ2v) is 5.24. The molecule has 110 valence electrons. The molecule has 1 atom stereocenters. The van der Waals surface area contributed by atoms with Crippen LogP contribution < -0.4 is 15.4 Å². The number of amides is 1. The lowest BCUT2D eigenvalue weighted by Crippen LogP contribution is -2.35. The average Bonchev–Trinajstić information content (AvgIpc) is 2.84. The van der Waals surface area contributed by atoms with E-state index in [1.807, 2.05) is 0 Å². The van der Waals surface area contributed by atoms with Crippen molar-refractivity contribution in [1.82, 2.24) is 5.32 Å². The summed E-state index contributed by atoms with van der Waals surface area (Å²) in [5, 5.41) is 5.43. The van der Waals surface area contributed by atoms with Crippen LogP contribution in [0.2, 0.25) is 0 Å². The number of carbonyl (C=O) groups is 1. The van der Waals surface area contributed by atoms with Gasteiger partial charge in [-0.15, -0.1) is 13.2 Å². The summed E-state index contributed by atoms with van der Waals surface area (Å²) in [6.07, 6.45) is -3.28. The predicted molar refractivity (Wildman–Crippen MR) is 70.5 cm³/mol. The summed E-state index contributed by atoms with van der Waals surface area (Å²) >= 11 is 3.06. The van der Waals surface area contributed by atoms with Gasteiger partial charge in [0.05, 0.1) is 11.7 Å². The number of alkyl halides is 3. The smallest absolute Gasteiger partial charge is 0.404 e. The van der Waals surface area contributed by atoms with Gasteiger partial charge in [-0.2, -0.15) is 0 Å². The Morgan fingerprint density at radius 3 is 2.80 bits per heavy atom. The van der Waals surface area contributed by atoms with Gasteiger partial charge in [-0.25, -0.2) is 0 Å². The van der Waals surface area contributed by atoms with E-state index in [4.69, 9.17) is 0 Å². The quantitative estimate of drug-likeness (QED) is 0.878. The Morgan fingerprint density at radius 2 is 2.20 bits per heavy atom. The fourth-order valence-corrected chi connectivity index (χ4v) is 2.28. The number of halogens is 4. The van der Waals surface area contributed by atoms with Crippen LogP contribution >= 0.6 is 15.9 Å². The van der Waals surface area contributed by atoms with Gasteiger partial charge in [0, 0.05) is 4.47 Å². The Labute approximate surface area is 121 Å². The summed E-state index contributed by atoms with van der Waals surface area (Å²) in [7, 11) is 0. The molecule has 1 fully saturated rings. The number of carbonyl (C=O) groups excluding carboxylic acids is 1. The molecule has 1 aromatic carbocycles. The summed E-state index contributed by atoms with van der Waals surface area (Å²) in [5.41, 5.74) is -0.00998. The predicted octanol–water partition coefficient (Wildman–Crippen LogP) is 3.04. The molecule has 2 rings (SSSR count). The lowest BCUT2D eigenvalue weighted by atomic mass is 10.2. The van der Waals surface area contributed by atoms with Gasteiger partial charge in [0.15, 0.2) is 5.75 Å². The van der Waals surface area contributed by atoms with Crippen LogP contribution in [0.4, 0.5) is 18.9 Å². The van der Waals surface area contributed by atoms with E-state index >= 15 is 0 Å². The summed E-state index contributed by atoms with van der Waals surface area (Å²) in [6, 6.07) is 3.67. The van der Waals surface area contributed by atoms with Gasteiger partial charge in [0.1, 0.15) is 0 Å². The van der Waals surface area contributed by atoms with Crippen LogP contribution in [0.25, 0.3) is 0 Å². The summed E-state index contributed by atoms with van der Waals surface area (Å²) in [6.45, 7) is 0.727. The van der Waals surface area contributed by atoms with Gasteiger partial charge in [0.25, 0.3) is 0 Å². The zero-order chi connectivity index (χ0) is 14.8. The Bertz CT molecular complexity index is 502. The molecule has 4 nitrogen and oxygen atoms in total. The zero-order valence-corrected chi connectivity index (χ0v) is 11.8. The summed E-state index contributed by atoms with van der Waals surface area (Å²) < 4.78 is 41.3. The fourth-order valence-electron chi connectivity index (χ4n) is 1.94. The molecule has 0 unspecified atom stereocenters. The zero-order valence-electron chi connectivity index (χ0n) is 10.3. The third-order valence-electron chi connectivity index (χ3n) is 2.80. The van der Waals surface area contributed by atoms with Gasteiger partial charge >= 0.3 is 6.36 Å². The van der Waals surface area contributed by atoms with Gasteiger partial charge in [-0.05, 0) is 37.6 Å². The first-order chi connectivity index (χ1) is 9.35. The number of anilines is 1. The minimum Gasteiger partial charge on any atom is -0.404 e. The molecule has 2 N–H and O–H groups in total. The standard InChI is InChI=1S/C12H12BrF3N2O2/c13-7-3-4-8(10(6-7)20-12(14,15)16)18-11(19)9-2-1-5-17-9/h3-4,6,9,17H,1-2,5H2,(H,18,19)/t9-/m0/s1. The number of hydrogen-bond acceptors (Lipinski definition) is 3. The molecule has 0 saturated carbocycles. The molecular weight excluding hydrogens is 341 g/mol. The maximum Gasteiger partial charge on any atom is 0.573 e. The minimum absolute atomic E-state index is 0.00998. The van der Waals surface area contributed by atoms with E-state index in [2.05, 4.69) is 31.3 Å². The minimum atomic E-state index is -4.81. The Hall–Kier alpha value is -1.28. The molecule has 1 amide bonds. The highest BCUT2D eigenvalue weighted by atomic mass is 79.9. The molecular formula is C12H12BrF3N2O2. The average molecular weight is 353 g/mol. The Kier molecular flexibility index (Phi) is 4.54. The fraction of sp³-hybridized carbons (Fsp3) is 0.417. The maximum atomic E-state index is 12.3.